The molecule has 0 aliphatic carbocycles. The Bertz CT molecular complexity index is 1210. The van der Waals surface area contributed by atoms with Gasteiger partial charge < -0.3 is 5.32 Å². The van der Waals surface area contributed by atoms with Gasteiger partial charge in [-0.25, -0.2) is 9.37 Å². The number of carbonyl (C=O) groups excluding carboxylic acids is 1. The number of thioether (sulfide) groups is 2. The Morgan fingerprint density at radius 2 is 1.74 bits per heavy atom. The monoisotopic (exact) mass is 513 g/mol. The maximum atomic E-state index is 13.7. The van der Waals surface area contributed by atoms with E-state index in [-0.39, 0.29) is 44.4 Å². The van der Waals surface area contributed by atoms with Crippen LogP contribution in [0.5, 0.6) is 0 Å². The molecule has 1 aromatic heterocycles. The summed E-state index contributed by atoms with van der Waals surface area (Å²) in [7, 11) is 0. The number of halogens is 6. The zero-order chi connectivity index (χ0) is 24.9. The molecule has 0 saturated heterocycles. The van der Waals surface area contributed by atoms with E-state index < -0.39 is 34.8 Å². The van der Waals surface area contributed by atoms with Crippen LogP contribution >= 0.6 is 23.5 Å². The molecule has 4 nitrogen and oxygen atoms in total. The number of rotatable bonds is 7. The molecule has 0 aliphatic heterocycles. The molecule has 2 aromatic carbocycles. The second-order valence-corrected chi connectivity index (χ2v) is 8.62. The van der Waals surface area contributed by atoms with Crippen molar-refractivity contribution in [3.05, 3.63) is 71.5 Å². The Balaban J connectivity index is 1.90. The molecular weight excluding hydrogens is 500 g/mol. The second kappa shape index (κ2) is 10.8. The smallest absolute Gasteiger partial charge is 0.325 e. The maximum Gasteiger partial charge on any atom is 0.417 e. The molecule has 0 atom stereocenters. The van der Waals surface area contributed by atoms with Crippen LogP contribution in [-0.2, 0) is 11.0 Å². The number of nitrogens with zero attached hydrogens (tertiary/aromatic N) is 2. The van der Waals surface area contributed by atoms with E-state index in [0.717, 1.165) is 12.1 Å². The third kappa shape index (κ3) is 6.68. The average Bonchev–Trinajstić information content (AvgIpc) is 2.78. The molecule has 176 valence electrons. The SMILES string of the molecule is N#Cc1c(C(F)(F)F)cc(-c2ccc(SC(F)F)cc2)nc1SCC(=O)Nc1ccc(F)cc1. The molecule has 0 radical (unpaired) electrons. The molecule has 0 unspecified atom stereocenters. The highest BCUT2D eigenvalue weighted by Gasteiger charge is 2.36. The van der Waals surface area contributed by atoms with Gasteiger partial charge in [-0.15, -0.1) is 0 Å². The molecule has 3 aromatic rings. The molecule has 34 heavy (non-hydrogen) atoms. The van der Waals surface area contributed by atoms with Gasteiger partial charge in [0.15, 0.2) is 0 Å². The van der Waals surface area contributed by atoms with Gasteiger partial charge in [0.25, 0.3) is 5.76 Å². The molecule has 1 heterocycles. The van der Waals surface area contributed by atoms with E-state index in [9.17, 15) is 36.4 Å². The van der Waals surface area contributed by atoms with E-state index in [1.165, 1.54) is 42.5 Å². The van der Waals surface area contributed by atoms with E-state index in [1.54, 1.807) is 0 Å². The average molecular weight is 513 g/mol. The number of anilines is 1. The summed E-state index contributed by atoms with van der Waals surface area (Å²) in [5.41, 5.74) is -1.60. The van der Waals surface area contributed by atoms with Crippen LogP contribution in [0.4, 0.5) is 32.0 Å². The normalized spacial score (nSPS) is 11.4. The molecule has 0 spiro atoms. The minimum Gasteiger partial charge on any atom is -0.325 e. The van der Waals surface area contributed by atoms with Crippen molar-refractivity contribution < 1.29 is 31.1 Å². The third-order valence-corrected chi connectivity index (χ3v) is 5.94. The fourth-order valence-electron chi connectivity index (χ4n) is 2.78. The van der Waals surface area contributed by atoms with E-state index in [4.69, 9.17) is 0 Å². The Morgan fingerprint density at radius 3 is 2.29 bits per heavy atom. The molecule has 0 saturated carbocycles. The van der Waals surface area contributed by atoms with Gasteiger partial charge in [-0.1, -0.05) is 35.7 Å². The highest BCUT2D eigenvalue weighted by molar-refractivity contribution is 8.00. The zero-order valence-corrected chi connectivity index (χ0v) is 18.5. The summed E-state index contributed by atoms with van der Waals surface area (Å²) in [4.78, 5) is 16.6. The van der Waals surface area contributed by atoms with Gasteiger partial charge in [-0.2, -0.15) is 27.2 Å². The Kier molecular flexibility index (Phi) is 8.11. The largest absolute Gasteiger partial charge is 0.417 e. The second-order valence-electron chi connectivity index (χ2n) is 6.59. The first-order chi connectivity index (χ1) is 16.1. The van der Waals surface area contributed by atoms with E-state index >= 15 is 0 Å². The summed E-state index contributed by atoms with van der Waals surface area (Å²) in [6.45, 7) is 0. The van der Waals surface area contributed by atoms with Gasteiger partial charge in [0.1, 0.15) is 16.9 Å². The lowest BCUT2D eigenvalue weighted by molar-refractivity contribution is -0.138. The van der Waals surface area contributed by atoms with Crippen molar-refractivity contribution in [1.82, 2.24) is 4.98 Å². The van der Waals surface area contributed by atoms with E-state index in [2.05, 4.69) is 10.3 Å². The van der Waals surface area contributed by atoms with Crippen LogP contribution in [0, 0.1) is 17.1 Å². The number of hydrogen-bond acceptors (Lipinski definition) is 5. The highest BCUT2D eigenvalue weighted by atomic mass is 32.2. The molecular formula is C22H13F6N3OS2. The number of hydrogen-bond donors (Lipinski definition) is 1. The molecule has 1 amide bonds. The standard InChI is InChI=1S/C22H13F6N3OS2/c23-13-3-5-14(6-4-13)30-19(32)11-33-20-16(10-29)17(22(26,27)28)9-18(31-20)12-1-7-15(8-2-12)34-21(24)25/h1-9,21H,11H2,(H,30,32). The van der Waals surface area contributed by atoms with Crippen LogP contribution in [0.15, 0.2) is 64.5 Å². The van der Waals surface area contributed by atoms with Gasteiger partial charge in [-0.3, -0.25) is 4.79 Å². The fourth-order valence-corrected chi connectivity index (χ4v) is 4.08. The predicted molar refractivity (Wildman–Crippen MR) is 117 cm³/mol. The van der Waals surface area contributed by atoms with Crippen molar-refractivity contribution in [3.63, 3.8) is 0 Å². The zero-order valence-electron chi connectivity index (χ0n) is 16.9. The summed E-state index contributed by atoms with van der Waals surface area (Å²) in [5, 5.41) is 11.5. The van der Waals surface area contributed by atoms with Crippen LogP contribution in [0.1, 0.15) is 11.1 Å². The van der Waals surface area contributed by atoms with Gasteiger partial charge in [0.2, 0.25) is 5.91 Å². The molecule has 0 bridgehead atoms. The quantitative estimate of drug-likeness (QED) is 0.277. The summed E-state index contributed by atoms with van der Waals surface area (Å²) < 4.78 is 79.0. The fraction of sp³-hybridized carbons (Fsp3) is 0.136. The molecule has 3 rings (SSSR count). The van der Waals surface area contributed by atoms with Crippen LogP contribution in [-0.4, -0.2) is 22.4 Å². The summed E-state index contributed by atoms with van der Waals surface area (Å²) in [5.74, 6) is -4.13. The van der Waals surface area contributed by atoms with Crippen molar-refractivity contribution in [2.45, 2.75) is 21.9 Å². The first-order valence-corrected chi connectivity index (χ1v) is 11.2. The van der Waals surface area contributed by atoms with Crippen molar-refractivity contribution in [2.75, 3.05) is 11.1 Å². The van der Waals surface area contributed by atoms with Gasteiger partial charge in [0, 0.05) is 16.1 Å². The number of benzene rings is 2. The minimum atomic E-state index is -4.88. The first-order valence-electron chi connectivity index (χ1n) is 9.32. The van der Waals surface area contributed by atoms with Crippen molar-refractivity contribution in [1.29, 1.82) is 5.26 Å². The number of pyridine rings is 1. The molecule has 1 N–H and O–H groups in total. The lowest BCUT2D eigenvalue weighted by atomic mass is 10.1. The molecule has 0 fully saturated rings. The number of alkyl halides is 5. The van der Waals surface area contributed by atoms with Crippen molar-refractivity contribution in [3.8, 4) is 17.3 Å². The molecule has 12 heteroatoms. The van der Waals surface area contributed by atoms with E-state index in [0.29, 0.717) is 17.8 Å². The summed E-state index contributed by atoms with van der Waals surface area (Å²) >= 11 is 0.915. The number of carbonyl (C=O) groups is 1. The summed E-state index contributed by atoms with van der Waals surface area (Å²) in [6.07, 6.45) is -4.88. The van der Waals surface area contributed by atoms with Gasteiger partial charge in [-0.05, 0) is 42.5 Å². The van der Waals surface area contributed by atoms with E-state index in [1.807, 2.05) is 0 Å². The van der Waals surface area contributed by atoms with Crippen LogP contribution < -0.4 is 5.32 Å². The van der Waals surface area contributed by atoms with Gasteiger partial charge >= 0.3 is 6.18 Å². The molecule has 0 aliphatic rings. The van der Waals surface area contributed by atoms with Crippen molar-refractivity contribution in [2.24, 2.45) is 0 Å². The lowest BCUT2D eigenvalue weighted by Crippen LogP contribution is -2.15. The predicted octanol–water partition coefficient (Wildman–Crippen LogP) is 6.82. The Morgan fingerprint density at radius 1 is 1.09 bits per heavy atom. The number of amides is 1. The van der Waals surface area contributed by atoms with Crippen LogP contribution in [0.3, 0.4) is 0 Å². The first kappa shape index (κ1) is 25.5. The van der Waals surface area contributed by atoms with Gasteiger partial charge in [0.05, 0.1) is 22.6 Å². The third-order valence-electron chi connectivity index (χ3n) is 4.25. The maximum absolute atomic E-state index is 13.7. The lowest BCUT2D eigenvalue weighted by Gasteiger charge is -2.14. The van der Waals surface area contributed by atoms with Crippen LogP contribution in [0.25, 0.3) is 11.3 Å². The number of aromatic nitrogens is 1. The number of nitrogens with one attached hydrogen (secondary N) is 1. The van der Waals surface area contributed by atoms with Crippen LogP contribution in [0.2, 0.25) is 0 Å². The Labute approximate surface area is 198 Å². The summed E-state index contributed by atoms with van der Waals surface area (Å²) in [6, 6.07) is 12.4. The van der Waals surface area contributed by atoms with Crippen molar-refractivity contribution >= 4 is 35.1 Å². The number of nitriles is 1. The minimum absolute atomic E-state index is 0.138. The highest BCUT2D eigenvalue weighted by Crippen LogP contribution is 2.38. The Hall–Kier alpha value is -3.17. The topological polar surface area (TPSA) is 65.8 Å².